The predicted octanol–water partition coefficient (Wildman–Crippen LogP) is 2.47. The van der Waals surface area contributed by atoms with Gasteiger partial charge < -0.3 is 5.32 Å². The molecule has 1 N–H and O–H groups in total. The molecule has 1 fully saturated rings. The fourth-order valence-electron chi connectivity index (χ4n) is 2.71. The maximum atomic E-state index is 12.4. The van der Waals surface area contributed by atoms with Gasteiger partial charge in [0.1, 0.15) is 0 Å². The van der Waals surface area contributed by atoms with Gasteiger partial charge >= 0.3 is 0 Å². The molecule has 1 saturated carbocycles. The molecule has 1 aliphatic rings. The predicted molar refractivity (Wildman–Crippen MR) is 82.9 cm³/mol. The second-order valence-electron chi connectivity index (χ2n) is 5.55. The maximum absolute atomic E-state index is 12.4. The van der Waals surface area contributed by atoms with Gasteiger partial charge in [0.25, 0.3) is 0 Å². The fourth-order valence-corrected chi connectivity index (χ4v) is 4.56. The lowest BCUT2D eigenvalue weighted by Crippen LogP contribution is -2.24. The summed E-state index contributed by atoms with van der Waals surface area (Å²) in [6, 6.07) is 7.09. The molecule has 5 heteroatoms. The summed E-state index contributed by atoms with van der Waals surface area (Å²) in [5, 5.41) is 2.61. The van der Waals surface area contributed by atoms with Crippen molar-refractivity contribution in [2.45, 2.75) is 55.6 Å². The van der Waals surface area contributed by atoms with Crippen molar-refractivity contribution >= 4 is 15.7 Å². The summed E-state index contributed by atoms with van der Waals surface area (Å²) < 4.78 is 24.9. The van der Waals surface area contributed by atoms with Crippen molar-refractivity contribution in [2.75, 3.05) is 6.54 Å². The van der Waals surface area contributed by atoms with Crippen molar-refractivity contribution in [2.24, 2.45) is 0 Å². The molecule has 1 aliphatic carbocycles. The summed E-state index contributed by atoms with van der Waals surface area (Å²) >= 11 is 0. The molecule has 0 atom stereocenters. The summed E-state index contributed by atoms with van der Waals surface area (Å²) in [7, 11) is -3.16. The summed E-state index contributed by atoms with van der Waals surface area (Å²) in [5.41, 5.74) is 1.04. The Morgan fingerprint density at radius 2 is 1.81 bits per heavy atom. The van der Waals surface area contributed by atoms with E-state index >= 15 is 0 Å². The molecule has 1 aromatic carbocycles. The highest BCUT2D eigenvalue weighted by molar-refractivity contribution is 7.92. The third kappa shape index (κ3) is 4.06. The van der Waals surface area contributed by atoms with Crippen molar-refractivity contribution in [3.05, 3.63) is 29.8 Å². The zero-order valence-electron chi connectivity index (χ0n) is 12.5. The van der Waals surface area contributed by atoms with Crippen molar-refractivity contribution in [1.82, 2.24) is 5.32 Å². The molecule has 2 rings (SSSR count). The molecular formula is C16H23NO3S. The van der Waals surface area contributed by atoms with E-state index in [1.54, 1.807) is 12.1 Å². The number of amides is 1. The average molecular weight is 309 g/mol. The molecular weight excluding hydrogens is 286 g/mol. The zero-order valence-corrected chi connectivity index (χ0v) is 13.3. The number of benzene rings is 1. The first kappa shape index (κ1) is 16.0. The SMILES string of the molecule is CCC(=O)NCCc1ccc(S(=O)(=O)C2CCCC2)cc1. The maximum Gasteiger partial charge on any atom is 0.219 e. The zero-order chi connectivity index (χ0) is 15.3. The second kappa shape index (κ2) is 7.07. The fraction of sp³-hybridized carbons (Fsp3) is 0.562. The number of nitrogens with one attached hydrogen (secondary N) is 1. The quantitative estimate of drug-likeness (QED) is 0.878. The molecule has 0 aliphatic heterocycles. The van der Waals surface area contributed by atoms with Crippen LogP contribution in [0, 0.1) is 0 Å². The molecule has 0 spiro atoms. The first-order valence-corrected chi connectivity index (χ1v) is 9.18. The standard InChI is InChI=1S/C16H23NO3S/c1-2-16(18)17-12-11-13-7-9-15(10-8-13)21(19,20)14-5-3-4-6-14/h7-10,14H,2-6,11-12H2,1H3,(H,17,18). The Labute approximate surface area is 126 Å². The Kier molecular flexibility index (Phi) is 5.39. The summed E-state index contributed by atoms with van der Waals surface area (Å²) in [4.78, 5) is 11.6. The smallest absolute Gasteiger partial charge is 0.219 e. The van der Waals surface area contributed by atoms with Crippen LogP contribution in [0.1, 0.15) is 44.6 Å². The molecule has 0 saturated heterocycles. The van der Waals surface area contributed by atoms with Gasteiger partial charge in [-0.3, -0.25) is 4.79 Å². The van der Waals surface area contributed by atoms with Crippen LogP contribution >= 0.6 is 0 Å². The summed E-state index contributed by atoms with van der Waals surface area (Å²) in [6.45, 7) is 2.40. The number of carbonyl (C=O) groups is 1. The highest BCUT2D eigenvalue weighted by Gasteiger charge is 2.29. The molecule has 0 radical (unpaired) electrons. The third-order valence-electron chi connectivity index (χ3n) is 4.05. The van der Waals surface area contributed by atoms with Gasteiger partial charge in [0.2, 0.25) is 5.91 Å². The van der Waals surface area contributed by atoms with Gasteiger partial charge in [-0.25, -0.2) is 8.42 Å². The van der Waals surface area contributed by atoms with Crippen LogP contribution in [0.5, 0.6) is 0 Å². The lowest BCUT2D eigenvalue weighted by Gasteiger charge is -2.11. The van der Waals surface area contributed by atoms with Crippen molar-refractivity contribution < 1.29 is 13.2 Å². The first-order valence-electron chi connectivity index (χ1n) is 7.63. The van der Waals surface area contributed by atoms with E-state index in [0.717, 1.165) is 37.7 Å². The first-order chi connectivity index (χ1) is 10.0. The lowest BCUT2D eigenvalue weighted by molar-refractivity contribution is -0.120. The van der Waals surface area contributed by atoms with E-state index in [1.165, 1.54) is 0 Å². The number of sulfone groups is 1. The lowest BCUT2D eigenvalue weighted by atomic mass is 10.1. The van der Waals surface area contributed by atoms with Crippen LogP contribution in [0.15, 0.2) is 29.2 Å². The third-order valence-corrected chi connectivity index (χ3v) is 6.33. The Balaban J connectivity index is 1.97. The number of rotatable bonds is 6. The van der Waals surface area contributed by atoms with Gasteiger partial charge in [-0.2, -0.15) is 0 Å². The van der Waals surface area contributed by atoms with Crippen molar-refractivity contribution in [1.29, 1.82) is 0 Å². The molecule has 0 unspecified atom stereocenters. The van der Waals surface area contributed by atoms with Crippen molar-refractivity contribution in [3.63, 3.8) is 0 Å². The molecule has 21 heavy (non-hydrogen) atoms. The minimum absolute atomic E-state index is 0.0374. The van der Waals surface area contributed by atoms with Gasteiger partial charge in [-0.15, -0.1) is 0 Å². The summed E-state index contributed by atoms with van der Waals surface area (Å²) in [5.74, 6) is 0.0374. The van der Waals surface area contributed by atoms with Crippen LogP contribution in [-0.2, 0) is 21.1 Å². The molecule has 1 aromatic rings. The average Bonchev–Trinajstić information content (AvgIpc) is 3.02. The van der Waals surface area contributed by atoms with Gasteiger partial charge in [-0.05, 0) is 37.0 Å². The number of hydrogen-bond acceptors (Lipinski definition) is 3. The van der Waals surface area contributed by atoms with E-state index < -0.39 is 9.84 Å². The van der Waals surface area contributed by atoms with E-state index in [-0.39, 0.29) is 11.2 Å². The van der Waals surface area contributed by atoms with E-state index in [2.05, 4.69) is 5.32 Å². The van der Waals surface area contributed by atoms with Crippen molar-refractivity contribution in [3.8, 4) is 0 Å². The highest BCUT2D eigenvalue weighted by Crippen LogP contribution is 2.29. The van der Waals surface area contributed by atoms with Gasteiger partial charge in [-0.1, -0.05) is 31.9 Å². The molecule has 0 aromatic heterocycles. The van der Waals surface area contributed by atoms with Gasteiger partial charge in [0.05, 0.1) is 10.1 Å². The largest absolute Gasteiger partial charge is 0.356 e. The molecule has 0 bridgehead atoms. The van der Waals surface area contributed by atoms with E-state index in [1.807, 2.05) is 19.1 Å². The Morgan fingerprint density at radius 1 is 1.19 bits per heavy atom. The van der Waals surface area contributed by atoms with Crippen LogP contribution < -0.4 is 5.32 Å². The van der Waals surface area contributed by atoms with E-state index in [0.29, 0.717) is 17.9 Å². The number of carbonyl (C=O) groups excluding carboxylic acids is 1. The summed E-state index contributed by atoms with van der Waals surface area (Å²) in [6.07, 6.45) is 4.80. The highest BCUT2D eigenvalue weighted by atomic mass is 32.2. The van der Waals surface area contributed by atoms with Crippen LogP contribution in [0.2, 0.25) is 0 Å². The van der Waals surface area contributed by atoms with Crippen LogP contribution in [-0.4, -0.2) is 26.1 Å². The second-order valence-corrected chi connectivity index (χ2v) is 7.78. The minimum Gasteiger partial charge on any atom is -0.356 e. The van der Waals surface area contributed by atoms with Gasteiger partial charge in [0, 0.05) is 13.0 Å². The number of hydrogen-bond donors (Lipinski definition) is 1. The van der Waals surface area contributed by atoms with Crippen LogP contribution in [0.25, 0.3) is 0 Å². The molecule has 4 nitrogen and oxygen atoms in total. The molecule has 1 amide bonds. The van der Waals surface area contributed by atoms with E-state index in [9.17, 15) is 13.2 Å². The van der Waals surface area contributed by atoms with Gasteiger partial charge in [0.15, 0.2) is 9.84 Å². The Morgan fingerprint density at radius 3 is 2.38 bits per heavy atom. The molecule has 0 heterocycles. The monoisotopic (exact) mass is 309 g/mol. The normalized spacial score (nSPS) is 16.0. The Bertz CT molecular complexity index is 572. The van der Waals surface area contributed by atoms with Crippen LogP contribution in [0.4, 0.5) is 0 Å². The van der Waals surface area contributed by atoms with Crippen LogP contribution in [0.3, 0.4) is 0 Å². The Hall–Kier alpha value is -1.36. The molecule has 116 valence electrons. The topological polar surface area (TPSA) is 63.2 Å². The minimum atomic E-state index is -3.16. The van der Waals surface area contributed by atoms with E-state index in [4.69, 9.17) is 0 Å².